The van der Waals surface area contributed by atoms with E-state index in [2.05, 4.69) is 20.5 Å². The molecule has 0 aliphatic carbocycles. The van der Waals surface area contributed by atoms with Crippen molar-refractivity contribution in [2.24, 2.45) is 0 Å². The summed E-state index contributed by atoms with van der Waals surface area (Å²) in [5.41, 5.74) is 0.0962. The number of H-pyrrole nitrogens is 1. The van der Waals surface area contributed by atoms with E-state index in [1.165, 1.54) is 0 Å². The lowest BCUT2D eigenvalue weighted by atomic mass is 10.4. The topological polar surface area (TPSA) is 90.9 Å². The number of aliphatic hydroxyl groups excluding tert-OH is 1. The van der Waals surface area contributed by atoms with Gasteiger partial charge in [0, 0.05) is 6.54 Å². The van der Waals surface area contributed by atoms with Crippen LogP contribution in [0.15, 0.2) is 4.79 Å². The third-order valence-electron chi connectivity index (χ3n) is 1.44. The van der Waals surface area contributed by atoms with Crippen LogP contribution in [0.25, 0.3) is 0 Å². The lowest BCUT2D eigenvalue weighted by Gasteiger charge is -2.07. The van der Waals surface area contributed by atoms with Crippen LogP contribution in [-0.2, 0) is 0 Å². The number of nitrogens with zero attached hydrogens (tertiary/aromatic N) is 2. The minimum Gasteiger partial charge on any atom is -0.392 e. The fraction of sp³-hybridized carbons (Fsp3) is 0.571. The van der Waals surface area contributed by atoms with E-state index in [9.17, 15) is 4.79 Å². The maximum Gasteiger partial charge on any atom is 0.363 e. The Morgan fingerprint density at radius 1 is 1.69 bits per heavy atom. The summed E-state index contributed by atoms with van der Waals surface area (Å²) in [7, 11) is 0. The van der Waals surface area contributed by atoms with Gasteiger partial charge in [-0.1, -0.05) is 0 Å². The first-order valence-electron chi connectivity index (χ1n) is 3.95. The highest BCUT2D eigenvalue weighted by Crippen LogP contribution is 2.02. The van der Waals surface area contributed by atoms with Gasteiger partial charge in [-0.05, 0) is 13.8 Å². The SMILES string of the molecule is Cc1n[nH]c(=O)nc1NC[C@H](C)O. The standard InChI is InChI=1S/C7H12N4O2/c1-4(12)3-8-6-5(2)10-11-7(13)9-6/h4,12H,3H2,1-2H3,(H2,8,9,11,13)/t4-/m0/s1. The van der Waals surface area contributed by atoms with Crippen LogP contribution in [0.3, 0.4) is 0 Å². The maximum atomic E-state index is 10.8. The molecule has 0 amide bonds. The van der Waals surface area contributed by atoms with Crippen LogP contribution in [0.2, 0.25) is 0 Å². The molecule has 72 valence electrons. The molecule has 0 spiro atoms. The number of aryl methyl sites for hydroxylation is 1. The Morgan fingerprint density at radius 3 is 3.00 bits per heavy atom. The van der Waals surface area contributed by atoms with Gasteiger partial charge in [0.1, 0.15) is 5.69 Å². The molecular formula is C7H12N4O2. The van der Waals surface area contributed by atoms with Gasteiger partial charge in [-0.2, -0.15) is 10.1 Å². The van der Waals surface area contributed by atoms with Crippen LogP contribution in [-0.4, -0.2) is 32.9 Å². The van der Waals surface area contributed by atoms with Gasteiger partial charge >= 0.3 is 5.69 Å². The number of hydrogen-bond donors (Lipinski definition) is 3. The number of aromatic nitrogens is 3. The fourth-order valence-electron chi connectivity index (χ4n) is 0.804. The molecule has 0 saturated carbocycles. The average Bonchev–Trinajstić information content (AvgIpc) is 2.06. The first-order valence-corrected chi connectivity index (χ1v) is 3.95. The molecule has 0 aliphatic rings. The predicted octanol–water partition coefficient (Wildman–Crippen LogP) is -0.734. The van der Waals surface area contributed by atoms with E-state index in [-0.39, 0.29) is 0 Å². The van der Waals surface area contributed by atoms with Crippen molar-refractivity contribution in [2.45, 2.75) is 20.0 Å². The third kappa shape index (κ3) is 2.83. The van der Waals surface area contributed by atoms with Crippen LogP contribution in [0.5, 0.6) is 0 Å². The van der Waals surface area contributed by atoms with Gasteiger partial charge in [0.2, 0.25) is 0 Å². The molecule has 1 atom stereocenters. The Balaban J connectivity index is 2.76. The molecule has 6 nitrogen and oxygen atoms in total. The number of aromatic amines is 1. The number of nitrogens with one attached hydrogen (secondary N) is 2. The minimum absolute atomic E-state index is 0.346. The van der Waals surface area contributed by atoms with Crippen LogP contribution in [0, 0.1) is 6.92 Å². The maximum absolute atomic E-state index is 10.8. The minimum atomic E-state index is -0.501. The monoisotopic (exact) mass is 184 g/mol. The lowest BCUT2D eigenvalue weighted by molar-refractivity contribution is 0.208. The Hall–Kier alpha value is -1.43. The zero-order chi connectivity index (χ0) is 9.84. The molecule has 0 saturated heterocycles. The Kier molecular flexibility index (Phi) is 2.97. The van der Waals surface area contributed by atoms with Crippen LogP contribution < -0.4 is 11.0 Å². The van der Waals surface area contributed by atoms with E-state index < -0.39 is 11.8 Å². The average molecular weight is 184 g/mol. The summed E-state index contributed by atoms with van der Waals surface area (Å²) >= 11 is 0. The third-order valence-corrected chi connectivity index (χ3v) is 1.44. The molecule has 3 N–H and O–H groups in total. The zero-order valence-corrected chi connectivity index (χ0v) is 7.53. The summed E-state index contributed by atoms with van der Waals surface area (Å²) in [5, 5.41) is 17.7. The molecule has 1 rings (SSSR count). The van der Waals surface area contributed by atoms with E-state index in [0.29, 0.717) is 18.1 Å². The number of rotatable bonds is 3. The highest BCUT2D eigenvalue weighted by Gasteiger charge is 2.02. The number of hydrogen-bond acceptors (Lipinski definition) is 5. The van der Waals surface area contributed by atoms with Crippen LogP contribution >= 0.6 is 0 Å². The predicted molar refractivity (Wildman–Crippen MR) is 47.6 cm³/mol. The smallest absolute Gasteiger partial charge is 0.363 e. The summed E-state index contributed by atoms with van der Waals surface area (Å²) in [5.74, 6) is 0.407. The Labute approximate surface area is 75.0 Å². The van der Waals surface area contributed by atoms with Gasteiger partial charge in [-0.25, -0.2) is 9.89 Å². The van der Waals surface area contributed by atoms with Crippen molar-refractivity contribution in [1.82, 2.24) is 15.2 Å². The van der Waals surface area contributed by atoms with E-state index in [0.717, 1.165) is 0 Å². The molecule has 1 aromatic heterocycles. The van der Waals surface area contributed by atoms with Gasteiger partial charge in [-0.3, -0.25) is 0 Å². The summed E-state index contributed by atoms with van der Waals surface area (Å²) in [6.07, 6.45) is -0.486. The van der Waals surface area contributed by atoms with Crippen molar-refractivity contribution < 1.29 is 5.11 Å². The summed E-state index contributed by atoms with van der Waals surface area (Å²) in [6, 6.07) is 0. The summed E-state index contributed by atoms with van der Waals surface area (Å²) in [4.78, 5) is 14.4. The zero-order valence-electron chi connectivity index (χ0n) is 7.53. The van der Waals surface area contributed by atoms with Gasteiger partial charge in [0.15, 0.2) is 5.82 Å². The second-order valence-corrected chi connectivity index (χ2v) is 2.80. The molecule has 0 aliphatic heterocycles. The number of aliphatic hydroxyl groups is 1. The second kappa shape index (κ2) is 3.99. The molecular weight excluding hydrogens is 172 g/mol. The van der Waals surface area contributed by atoms with Gasteiger partial charge < -0.3 is 10.4 Å². The number of anilines is 1. The van der Waals surface area contributed by atoms with Crippen molar-refractivity contribution in [3.8, 4) is 0 Å². The van der Waals surface area contributed by atoms with Crippen molar-refractivity contribution in [2.75, 3.05) is 11.9 Å². The lowest BCUT2D eigenvalue weighted by Crippen LogP contribution is -2.21. The van der Waals surface area contributed by atoms with Gasteiger partial charge in [0.25, 0.3) is 0 Å². The molecule has 1 heterocycles. The first kappa shape index (κ1) is 9.66. The van der Waals surface area contributed by atoms with Crippen molar-refractivity contribution in [3.63, 3.8) is 0 Å². The summed E-state index contributed by atoms with van der Waals surface area (Å²) < 4.78 is 0. The first-order chi connectivity index (χ1) is 6.09. The van der Waals surface area contributed by atoms with Gasteiger partial charge in [-0.15, -0.1) is 0 Å². The molecule has 6 heteroatoms. The van der Waals surface area contributed by atoms with Gasteiger partial charge in [0.05, 0.1) is 6.10 Å². The molecule has 0 unspecified atom stereocenters. The van der Waals surface area contributed by atoms with E-state index in [1.54, 1.807) is 13.8 Å². The molecule has 1 aromatic rings. The van der Waals surface area contributed by atoms with E-state index in [4.69, 9.17) is 5.11 Å². The van der Waals surface area contributed by atoms with Crippen molar-refractivity contribution in [1.29, 1.82) is 0 Å². The largest absolute Gasteiger partial charge is 0.392 e. The molecule has 0 fully saturated rings. The van der Waals surface area contributed by atoms with E-state index in [1.807, 2.05) is 0 Å². The van der Waals surface area contributed by atoms with Crippen LogP contribution in [0.4, 0.5) is 5.82 Å². The quantitative estimate of drug-likeness (QED) is 0.576. The van der Waals surface area contributed by atoms with E-state index >= 15 is 0 Å². The Morgan fingerprint density at radius 2 is 2.38 bits per heavy atom. The molecule has 13 heavy (non-hydrogen) atoms. The van der Waals surface area contributed by atoms with Crippen LogP contribution in [0.1, 0.15) is 12.6 Å². The van der Waals surface area contributed by atoms with Crippen molar-refractivity contribution in [3.05, 3.63) is 16.2 Å². The Bertz CT molecular complexity index is 334. The van der Waals surface area contributed by atoms with Crippen molar-refractivity contribution >= 4 is 5.82 Å². The normalized spacial score (nSPS) is 12.5. The highest BCUT2D eigenvalue weighted by molar-refractivity contribution is 5.37. The molecule has 0 bridgehead atoms. The molecule has 0 radical (unpaired) electrons. The molecule has 0 aromatic carbocycles. The second-order valence-electron chi connectivity index (χ2n) is 2.80. The fourth-order valence-corrected chi connectivity index (χ4v) is 0.804. The summed E-state index contributed by atoms with van der Waals surface area (Å²) in [6.45, 7) is 3.70. The highest BCUT2D eigenvalue weighted by atomic mass is 16.3.